The number of hydrogen-bond donors (Lipinski definition) is 2. The molecular formula is C22H23N5O3. The van der Waals surface area contributed by atoms with Crippen molar-refractivity contribution in [1.29, 1.82) is 0 Å². The third-order valence-corrected chi connectivity index (χ3v) is 5.22. The van der Waals surface area contributed by atoms with Gasteiger partial charge in [0.15, 0.2) is 0 Å². The molecule has 2 aromatic carbocycles. The zero-order valence-corrected chi connectivity index (χ0v) is 16.7. The molecule has 30 heavy (non-hydrogen) atoms. The fourth-order valence-corrected chi connectivity index (χ4v) is 3.53. The molecule has 4 rings (SSSR count). The second-order valence-electron chi connectivity index (χ2n) is 7.48. The Balaban J connectivity index is 1.47. The van der Waals surface area contributed by atoms with E-state index < -0.39 is 6.03 Å². The van der Waals surface area contributed by atoms with E-state index in [1.54, 1.807) is 12.1 Å². The number of aromatic nitrogens is 2. The summed E-state index contributed by atoms with van der Waals surface area (Å²) in [6.45, 7) is 2.95. The van der Waals surface area contributed by atoms with Crippen LogP contribution >= 0.6 is 0 Å². The number of hydrogen-bond acceptors (Lipinski definition) is 5. The van der Waals surface area contributed by atoms with E-state index in [0.29, 0.717) is 36.1 Å². The van der Waals surface area contributed by atoms with Crippen LogP contribution in [-0.4, -0.2) is 40.1 Å². The lowest BCUT2D eigenvalue weighted by atomic mass is 9.97. The van der Waals surface area contributed by atoms with Gasteiger partial charge in [0.1, 0.15) is 0 Å². The van der Waals surface area contributed by atoms with Gasteiger partial charge in [-0.15, -0.1) is 0 Å². The monoisotopic (exact) mass is 405 g/mol. The first-order valence-corrected chi connectivity index (χ1v) is 9.86. The number of rotatable bonds is 4. The lowest BCUT2D eigenvalue weighted by Crippen LogP contribution is -2.46. The second kappa shape index (κ2) is 8.36. The molecule has 1 fully saturated rings. The van der Waals surface area contributed by atoms with E-state index in [4.69, 9.17) is 10.3 Å². The number of nitrogens with zero attached hydrogens (tertiary/aromatic N) is 3. The van der Waals surface area contributed by atoms with Crippen molar-refractivity contribution in [2.75, 3.05) is 18.4 Å². The molecule has 3 N–H and O–H groups in total. The molecule has 0 aliphatic carbocycles. The van der Waals surface area contributed by atoms with Crippen LogP contribution in [0.5, 0.6) is 0 Å². The van der Waals surface area contributed by atoms with Gasteiger partial charge in [0.2, 0.25) is 11.7 Å². The van der Waals surface area contributed by atoms with Gasteiger partial charge in [0, 0.05) is 29.9 Å². The van der Waals surface area contributed by atoms with Gasteiger partial charge in [-0.05, 0) is 38.0 Å². The summed E-state index contributed by atoms with van der Waals surface area (Å²) >= 11 is 0. The molecule has 154 valence electrons. The van der Waals surface area contributed by atoms with E-state index in [1.807, 2.05) is 43.3 Å². The molecule has 1 aliphatic heterocycles. The van der Waals surface area contributed by atoms with Crippen LogP contribution in [0.25, 0.3) is 22.8 Å². The van der Waals surface area contributed by atoms with Gasteiger partial charge in [-0.3, -0.25) is 4.79 Å². The zero-order chi connectivity index (χ0) is 21.1. The van der Waals surface area contributed by atoms with E-state index >= 15 is 0 Å². The number of aryl methyl sites for hydroxylation is 1. The summed E-state index contributed by atoms with van der Waals surface area (Å²) < 4.78 is 5.42. The molecular weight excluding hydrogens is 382 g/mol. The average Bonchev–Trinajstić information content (AvgIpc) is 3.25. The quantitative estimate of drug-likeness (QED) is 0.690. The lowest BCUT2D eigenvalue weighted by molar-refractivity contribution is -0.121. The summed E-state index contributed by atoms with van der Waals surface area (Å²) in [5, 5.41) is 6.98. The van der Waals surface area contributed by atoms with Crippen LogP contribution in [0, 0.1) is 12.8 Å². The summed E-state index contributed by atoms with van der Waals surface area (Å²) in [7, 11) is 0. The molecule has 1 saturated heterocycles. The Morgan fingerprint density at radius 1 is 1.17 bits per heavy atom. The number of benzene rings is 2. The van der Waals surface area contributed by atoms with Crippen LogP contribution in [-0.2, 0) is 4.79 Å². The highest BCUT2D eigenvalue weighted by Crippen LogP contribution is 2.25. The maximum atomic E-state index is 12.7. The van der Waals surface area contributed by atoms with Gasteiger partial charge in [0.05, 0.1) is 5.92 Å². The molecule has 2 heterocycles. The third-order valence-electron chi connectivity index (χ3n) is 5.22. The molecule has 3 aromatic rings. The number of nitrogens with two attached hydrogens (primary N) is 1. The number of piperidine rings is 1. The Bertz CT molecular complexity index is 1060. The number of carbonyl (C=O) groups is 2. The lowest BCUT2D eigenvalue weighted by Gasteiger charge is -2.30. The van der Waals surface area contributed by atoms with Crippen LogP contribution < -0.4 is 11.1 Å². The summed E-state index contributed by atoms with van der Waals surface area (Å²) in [5.41, 5.74) is 8.71. The van der Waals surface area contributed by atoms with Gasteiger partial charge >= 0.3 is 6.03 Å². The molecule has 0 saturated carbocycles. The Morgan fingerprint density at radius 3 is 2.73 bits per heavy atom. The summed E-state index contributed by atoms with van der Waals surface area (Å²) in [6, 6.07) is 14.6. The van der Waals surface area contributed by atoms with Crippen molar-refractivity contribution in [3.63, 3.8) is 0 Å². The number of amides is 3. The highest BCUT2D eigenvalue weighted by Gasteiger charge is 2.27. The normalized spacial score (nSPS) is 16.3. The summed E-state index contributed by atoms with van der Waals surface area (Å²) in [5.74, 6) is 0.461. The first-order chi connectivity index (χ1) is 14.5. The van der Waals surface area contributed by atoms with Gasteiger partial charge in [-0.2, -0.15) is 4.98 Å². The topological polar surface area (TPSA) is 114 Å². The summed E-state index contributed by atoms with van der Waals surface area (Å²) in [4.78, 5) is 30.0. The maximum absolute atomic E-state index is 12.7. The van der Waals surface area contributed by atoms with Crippen LogP contribution in [0.3, 0.4) is 0 Å². The fraction of sp³-hybridized carbons (Fsp3) is 0.273. The average molecular weight is 405 g/mol. The van der Waals surface area contributed by atoms with E-state index in [0.717, 1.165) is 24.0 Å². The van der Waals surface area contributed by atoms with Crippen molar-refractivity contribution in [2.45, 2.75) is 19.8 Å². The van der Waals surface area contributed by atoms with Crippen molar-refractivity contribution in [1.82, 2.24) is 15.0 Å². The molecule has 1 unspecified atom stereocenters. The number of carbonyl (C=O) groups excluding carboxylic acids is 2. The first-order valence-electron chi connectivity index (χ1n) is 9.86. The van der Waals surface area contributed by atoms with Crippen molar-refractivity contribution in [3.8, 4) is 22.8 Å². The predicted octanol–water partition coefficient (Wildman–Crippen LogP) is 3.44. The van der Waals surface area contributed by atoms with Crippen LogP contribution in [0.15, 0.2) is 53.1 Å². The Morgan fingerprint density at radius 2 is 1.97 bits per heavy atom. The SMILES string of the molecule is Cc1ccc(-c2noc(-c3cccc(NC(=O)C4CCCN(C(N)=O)C4)c3)n2)cc1. The first kappa shape index (κ1) is 19.6. The van der Waals surface area contributed by atoms with E-state index in [-0.39, 0.29) is 11.8 Å². The van der Waals surface area contributed by atoms with E-state index in [9.17, 15) is 9.59 Å². The minimum absolute atomic E-state index is 0.135. The number of primary amides is 1. The molecule has 8 heteroatoms. The fourth-order valence-electron chi connectivity index (χ4n) is 3.53. The highest BCUT2D eigenvalue weighted by molar-refractivity contribution is 5.93. The zero-order valence-electron chi connectivity index (χ0n) is 16.7. The molecule has 0 bridgehead atoms. The molecule has 0 radical (unpaired) electrons. The summed E-state index contributed by atoms with van der Waals surface area (Å²) in [6.07, 6.45) is 1.48. The maximum Gasteiger partial charge on any atom is 0.314 e. The van der Waals surface area contributed by atoms with Crippen LogP contribution in [0.4, 0.5) is 10.5 Å². The smallest absolute Gasteiger partial charge is 0.314 e. The van der Waals surface area contributed by atoms with E-state index in [2.05, 4.69) is 15.5 Å². The van der Waals surface area contributed by atoms with Gasteiger partial charge in [-0.25, -0.2) is 4.79 Å². The van der Waals surface area contributed by atoms with Crippen molar-refractivity contribution < 1.29 is 14.1 Å². The minimum atomic E-state index is -0.490. The Labute approximate surface area is 174 Å². The number of nitrogens with one attached hydrogen (secondary N) is 1. The standard InChI is InChI=1S/C22H23N5O3/c1-14-7-9-15(10-8-14)19-25-21(30-26-19)16-4-2-6-18(12-16)24-20(28)17-5-3-11-27(13-17)22(23)29/h2,4,6-10,12,17H,3,5,11,13H2,1H3,(H2,23,29)(H,24,28). The van der Waals surface area contributed by atoms with E-state index in [1.165, 1.54) is 4.90 Å². The number of urea groups is 1. The molecule has 1 aromatic heterocycles. The van der Waals surface area contributed by atoms with Gasteiger partial charge < -0.3 is 20.5 Å². The third kappa shape index (κ3) is 4.32. The minimum Gasteiger partial charge on any atom is -0.351 e. The van der Waals surface area contributed by atoms with Gasteiger partial charge in [0.25, 0.3) is 5.89 Å². The Kier molecular flexibility index (Phi) is 5.47. The number of anilines is 1. The van der Waals surface area contributed by atoms with Crippen molar-refractivity contribution in [3.05, 3.63) is 54.1 Å². The second-order valence-corrected chi connectivity index (χ2v) is 7.48. The molecule has 1 aliphatic rings. The molecule has 1 atom stereocenters. The van der Waals surface area contributed by atoms with Crippen molar-refractivity contribution >= 4 is 17.6 Å². The highest BCUT2D eigenvalue weighted by atomic mass is 16.5. The largest absolute Gasteiger partial charge is 0.351 e. The molecule has 0 spiro atoms. The predicted molar refractivity (Wildman–Crippen MR) is 112 cm³/mol. The Hall–Kier alpha value is -3.68. The molecule has 8 nitrogen and oxygen atoms in total. The van der Waals surface area contributed by atoms with Crippen LogP contribution in [0.2, 0.25) is 0 Å². The van der Waals surface area contributed by atoms with Gasteiger partial charge in [-0.1, -0.05) is 41.1 Å². The molecule has 3 amide bonds. The number of likely N-dealkylation sites (tertiary alicyclic amines) is 1. The van der Waals surface area contributed by atoms with Crippen LogP contribution in [0.1, 0.15) is 18.4 Å². The van der Waals surface area contributed by atoms with Crippen molar-refractivity contribution in [2.24, 2.45) is 11.7 Å².